The maximum atomic E-state index is 15.8. The standard InChI is InChI=1S/C33H26ClF2N9O3S/c1-17-21(34)6-4-8-26(17)49(47,48)43-23-10-9-22(35)30(28(23)36)41-32-31-24(37-16-38-32)11-12-27(40-31)45-25-7-3-2-5-20(25)29(42-45)33(46)44-14-18-13-19(15-44)39-18/h2-12,16,18-19,39,43H,13-15H2,1H3,(H,37,38,41). The van der Waals surface area contributed by atoms with Gasteiger partial charge in [-0.15, -0.1) is 0 Å². The number of nitrogens with zero attached hydrogens (tertiary/aromatic N) is 6. The van der Waals surface area contributed by atoms with Gasteiger partial charge in [0.05, 0.1) is 21.6 Å². The average Bonchev–Trinajstić information content (AvgIpc) is 3.48. The first kappa shape index (κ1) is 31.0. The third kappa shape index (κ3) is 5.39. The summed E-state index contributed by atoms with van der Waals surface area (Å²) in [5.74, 6) is -2.14. The lowest BCUT2D eigenvalue weighted by Gasteiger charge is -2.48. The molecule has 6 heterocycles. The number of hydrogen-bond acceptors (Lipinski definition) is 9. The Morgan fingerprint density at radius 3 is 2.57 bits per heavy atom. The Balaban J connectivity index is 1.15. The number of fused-ring (bicyclic) bond motifs is 4. The number of benzene rings is 3. The Hall–Kier alpha value is -5.25. The Morgan fingerprint density at radius 2 is 1.78 bits per heavy atom. The van der Waals surface area contributed by atoms with E-state index in [0.717, 1.165) is 18.6 Å². The number of aromatic nitrogens is 5. The summed E-state index contributed by atoms with van der Waals surface area (Å²) in [6, 6.07) is 17.4. The largest absolute Gasteiger partial charge is 0.334 e. The summed E-state index contributed by atoms with van der Waals surface area (Å²) in [6.07, 6.45) is 2.25. The molecule has 2 unspecified atom stereocenters. The number of pyridine rings is 1. The second kappa shape index (κ2) is 11.7. The van der Waals surface area contributed by atoms with Gasteiger partial charge in [-0.25, -0.2) is 36.8 Å². The van der Waals surface area contributed by atoms with Gasteiger partial charge in [-0.3, -0.25) is 9.52 Å². The van der Waals surface area contributed by atoms with E-state index < -0.39 is 33.0 Å². The fourth-order valence-corrected chi connectivity index (χ4v) is 7.87. The molecule has 3 N–H and O–H groups in total. The van der Waals surface area contributed by atoms with Gasteiger partial charge in [-0.1, -0.05) is 35.9 Å². The molecule has 0 aliphatic carbocycles. The highest BCUT2D eigenvalue weighted by Crippen LogP contribution is 2.33. The average molecular weight is 702 g/mol. The number of nitrogens with one attached hydrogen (secondary N) is 3. The molecule has 2 atom stereocenters. The minimum atomic E-state index is -4.30. The molecule has 6 aromatic rings. The molecular weight excluding hydrogens is 676 g/mol. The third-order valence-electron chi connectivity index (χ3n) is 8.77. The minimum Gasteiger partial charge on any atom is -0.334 e. The Bertz CT molecular complexity index is 2430. The van der Waals surface area contributed by atoms with E-state index in [1.807, 2.05) is 29.2 Å². The highest BCUT2D eigenvalue weighted by molar-refractivity contribution is 7.92. The normalized spacial score (nSPS) is 17.3. The number of sulfonamides is 1. The molecule has 3 fully saturated rings. The van der Waals surface area contributed by atoms with E-state index in [4.69, 9.17) is 21.7 Å². The van der Waals surface area contributed by atoms with Crippen molar-refractivity contribution in [2.24, 2.45) is 0 Å². The van der Waals surface area contributed by atoms with E-state index in [-0.39, 0.29) is 50.5 Å². The van der Waals surface area contributed by atoms with Crippen LogP contribution < -0.4 is 15.4 Å². The van der Waals surface area contributed by atoms with E-state index in [9.17, 15) is 13.2 Å². The van der Waals surface area contributed by atoms with Crippen LogP contribution in [0.3, 0.4) is 0 Å². The first-order valence-corrected chi connectivity index (χ1v) is 17.1. The van der Waals surface area contributed by atoms with Crippen molar-refractivity contribution in [2.75, 3.05) is 23.1 Å². The van der Waals surface area contributed by atoms with Gasteiger partial charge < -0.3 is 15.5 Å². The van der Waals surface area contributed by atoms with Crippen LogP contribution in [-0.2, 0) is 10.0 Å². The van der Waals surface area contributed by atoms with Crippen LogP contribution in [0.25, 0.3) is 27.8 Å². The molecule has 3 aliphatic rings. The van der Waals surface area contributed by atoms with Crippen molar-refractivity contribution in [3.63, 3.8) is 0 Å². The van der Waals surface area contributed by atoms with Gasteiger partial charge in [-0.05, 0) is 61.4 Å². The molecule has 3 aromatic heterocycles. The molecule has 3 aliphatic heterocycles. The van der Waals surface area contributed by atoms with Crippen molar-refractivity contribution in [1.29, 1.82) is 0 Å². The van der Waals surface area contributed by atoms with E-state index in [0.29, 0.717) is 35.3 Å². The SMILES string of the molecule is Cc1c(Cl)cccc1S(=O)(=O)Nc1ccc(F)c(Nc2ncnc3ccc(-n4nc(C(=O)N5CC6CC(C5)N6)c5ccccc54)nc23)c1F. The summed E-state index contributed by atoms with van der Waals surface area (Å²) in [4.78, 5) is 28.4. The number of anilines is 3. The van der Waals surface area contributed by atoms with Crippen LogP contribution in [0.5, 0.6) is 0 Å². The van der Waals surface area contributed by atoms with Gasteiger partial charge in [0.2, 0.25) is 0 Å². The fraction of sp³-hybridized carbons (Fsp3) is 0.182. The second-order valence-corrected chi connectivity index (χ2v) is 14.0. The Labute approximate surface area is 283 Å². The monoisotopic (exact) mass is 701 g/mol. The molecule has 0 spiro atoms. The van der Waals surface area contributed by atoms with Crippen molar-refractivity contribution >= 4 is 66.7 Å². The van der Waals surface area contributed by atoms with Gasteiger partial charge in [0.1, 0.15) is 23.3 Å². The third-order valence-corrected chi connectivity index (χ3v) is 10.7. The highest BCUT2D eigenvalue weighted by atomic mass is 35.5. The lowest BCUT2D eigenvalue weighted by atomic mass is 9.91. The van der Waals surface area contributed by atoms with Gasteiger partial charge in [0, 0.05) is 35.6 Å². The number of amides is 1. The predicted octanol–water partition coefficient (Wildman–Crippen LogP) is 5.33. The topological polar surface area (TPSA) is 147 Å². The molecule has 1 amide bonds. The van der Waals surface area contributed by atoms with Crippen molar-refractivity contribution in [2.45, 2.75) is 30.3 Å². The highest BCUT2D eigenvalue weighted by Gasteiger charge is 2.39. The second-order valence-electron chi connectivity index (χ2n) is 11.9. The Morgan fingerprint density at radius 1 is 1.00 bits per heavy atom. The van der Waals surface area contributed by atoms with E-state index in [2.05, 4.69) is 25.3 Å². The molecule has 248 valence electrons. The zero-order valence-electron chi connectivity index (χ0n) is 25.7. The van der Waals surface area contributed by atoms with Crippen LogP contribution in [0.15, 0.2) is 78.0 Å². The molecule has 0 saturated carbocycles. The molecule has 9 rings (SSSR count). The molecule has 49 heavy (non-hydrogen) atoms. The van der Waals surface area contributed by atoms with Crippen LogP contribution >= 0.6 is 11.6 Å². The summed E-state index contributed by atoms with van der Waals surface area (Å²) in [7, 11) is -4.30. The van der Waals surface area contributed by atoms with Gasteiger partial charge in [-0.2, -0.15) is 5.10 Å². The van der Waals surface area contributed by atoms with Gasteiger partial charge in [0.25, 0.3) is 15.9 Å². The number of rotatable bonds is 7. The molecule has 16 heteroatoms. The summed E-state index contributed by atoms with van der Waals surface area (Å²) >= 11 is 6.10. The zero-order chi connectivity index (χ0) is 34.0. The van der Waals surface area contributed by atoms with Crippen molar-refractivity contribution < 1.29 is 22.0 Å². The summed E-state index contributed by atoms with van der Waals surface area (Å²) in [5.41, 5.74) is 0.527. The van der Waals surface area contributed by atoms with E-state index in [1.54, 1.807) is 12.1 Å². The van der Waals surface area contributed by atoms with Crippen molar-refractivity contribution in [1.82, 2.24) is 34.9 Å². The number of para-hydroxylation sites is 1. The number of carbonyl (C=O) groups is 1. The molecule has 12 nitrogen and oxygen atoms in total. The van der Waals surface area contributed by atoms with E-state index in [1.165, 1.54) is 36.1 Å². The number of piperazine rings is 1. The lowest BCUT2D eigenvalue weighted by Crippen LogP contribution is -2.67. The first-order chi connectivity index (χ1) is 23.6. The molecule has 0 radical (unpaired) electrons. The van der Waals surface area contributed by atoms with Crippen LogP contribution in [0, 0.1) is 18.6 Å². The molecule has 2 bridgehead atoms. The number of hydrogen-bond donors (Lipinski definition) is 3. The van der Waals surface area contributed by atoms with Crippen molar-refractivity contribution in [3.05, 3.63) is 101 Å². The Kier molecular flexibility index (Phi) is 7.42. The van der Waals surface area contributed by atoms with Crippen LogP contribution in [-0.4, -0.2) is 69.1 Å². The number of halogens is 3. The smallest absolute Gasteiger partial charge is 0.275 e. The van der Waals surface area contributed by atoms with E-state index >= 15 is 8.78 Å². The molecule has 3 aromatic carbocycles. The van der Waals surface area contributed by atoms with Crippen LogP contribution in [0.2, 0.25) is 5.02 Å². The maximum Gasteiger partial charge on any atom is 0.275 e. The van der Waals surface area contributed by atoms with Crippen LogP contribution in [0.4, 0.5) is 26.0 Å². The lowest BCUT2D eigenvalue weighted by molar-refractivity contribution is 0.0469. The fourth-order valence-electron chi connectivity index (χ4n) is 6.31. The summed E-state index contributed by atoms with van der Waals surface area (Å²) in [5, 5.41) is 11.6. The number of carbonyl (C=O) groups excluding carboxylic acids is 1. The van der Waals surface area contributed by atoms with Gasteiger partial charge in [0.15, 0.2) is 23.1 Å². The summed E-state index contributed by atoms with van der Waals surface area (Å²) < 4.78 is 61.0. The predicted molar refractivity (Wildman–Crippen MR) is 180 cm³/mol. The maximum absolute atomic E-state index is 15.8. The van der Waals surface area contributed by atoms with Crippen LogP contribution in [0.1, 0.15) is 22.5 Å². The van der Waals surface area contributed by atoms with Gasteiger partial charge >= 0.3 is 0 Å². The quantitative estimate of drug-likeness (QED) is 0.201. The minimum absolute atomic E-state index is 0.0526. The zero-order valence-corrected chi connectivity index (χ0v) is 27.2. The summed E-state index contributed by atoms with van der Waals surface area (Å²) in [6.45, 7) is 2.73. The van der Waals surface area contributed by atoms with Crippen molar-refractivity contribution in [3.8, 4) is 5.82 Å². The number of piperidine rings is 1. The molecule has 3 saturated heterocycles. The molecular formula is C33H26ClF2N9O3S. The first-order valence-electron chi connectivity index (χ1n) is 15.3.